The van der Waals surface area contributed by atoms with Gasteiger partial charge in [-0.2, -0.15) is 0 Å². The molecule has 120 valence electrons. The standard InChI is InChI=1S/C19H16N2O2S/c1-11-12(2)20-15-8-7-13(9-14(11)15)19(22)23-10-18-21-16-5-3-4-6-17(16)24-18/h3-9,20H,10H2,1-2H3. The van der Waals surface area contributed by atoms with Gasteiger partial charge in [-0.25, -0.2) is 9.78 Å². The van der Waals surface area contributed by atoms with Gasteiger partial charge in [0.2, 0.25) is 0 Å². The summed E-state index contributed by atoms with van der Waals surface area (Å²) in [7, 11) is 0. The first-order valence-electron chi connectivity index (χ1n) is 7.72. The second kappa shape index (κ2) is 5.76. The van der Waals surface area contributed by atoms with Crippen LogP contribution < -0.4 is 0 Å². The number of benzene rings is 2. The van der Waals surface area contributed by atoms with Gasteiger partial charge in [0.1, 0.15) is 11.6 Å². The minimum Gasteiger partial charge on any atom is -0.455 e. The van der Waals surface area contributed by atoms with Gasteiger partial charge < -0.3 is 9.72 Å². The fourth-order valence-electron chi connectivity index (χ4n) is 2.78. The Morgan fingerprint density at radius 1 is 1.21 bits per heavy atom. The zero-order valence-corrected chi connectivity index (χ0v) is 14.2. The number of aromatic amines is 1. The van der Waals surface area contributed by atoms with Crippen LogP contribution in [0, 0.1) is 13.8 Å². The summed E-state index contributed by atoms with van der Waals surface area (Å²) < 4.78 is 6.54. The van der Waals surface area contributed by atoms with Gasteiger partial charge in [0.25, 0.3) is 0 Å². The molecule has 2 heterocycles. The lowest BCUT2D eigenvalue weighted by Gasteiger charge is -2.03. The van der Waals surface area contributed by atoms with E-state index in [4.69, 9.17) is 4.74 Å². The maximum atomic E-state index is 12.3. The van der Waals surface area contributed by atoms with Gasteiger partial charge in [-0.15, -0.1) is 11.3 Å². The monoisotopic (exact) mass is 336 g/mol. The number of aryl methyl sites for hydroxylation is 2. The molecule has 24 heavy (non-hydrogen) atoms. The van der Waals surface area contributed by atoms with E-state index in [2.05, 4.69) is 9.97 Å². The van der Waals surface area contributed by atoms with Crippen LogP contribution in [0.15, 0.2) is 42.5 Å². The van der Waals surface area contributed by atoms with Crippen LogP contribution >= 0.6 is 11.3 Å². The fraction of sp³-hybridized carbons (Fsp3) is 0.158. The average molecular weight is 336 g/mol. The second-order valence-electron chi connectivity index (χ2n) is 5.79. The Morgan fingerprint density at radius 3 is 2.88 bits per heavy atom. The number of nitrogens with zero attached hydrogens (tertiary/aromatic N) is 1. The highest BCUT2D eigenvalue weighted by Gasteiger charge is 2.12. The van der Waals surface area contributed by atoms with Crippen molar-refractivity contribution in [3.63, 3.8) is 0 Å². The summed E-state index contributed by atoms with van der Waals surface area (Å²) in [6, 6.07) is 13.5. The van der Waals surface area contributed by atoms with Crippen LogP contribution in [0.1, 0.15) is 26.6 Å². The summed E-state index contributed by atoms with van der Waals surface area (Å²) in [5.74, 6) is -0.325. The van der Waals surface area contributed by atoms with Gasteiger partial charge in [-0.1, -0.05) is 12.1 Å². The van der Waals surface area contributed by atoms with E-state index in [1.54, 1.807) is 17.4 Å². The molecule has 2 aromatic heterocycles. The van der Waals surface area contributed by atoms with E-state index < -0.39 is 0 Å². The first-order chi connectivity index (χ1) is 11.6. The van der Waals surface area contributed by atoms with Crippen molar-refractivity contribution in [3.05, 3.63) is 64.3 Å². The molecule has 4 aromatic rings. The summed E-state index contributed by atoms with van der Waals surface area (Å²) in [4.78, 5) is 20.1. The first-order valence-corrected chi connectivity index (χ1v) is 8.54. The Balaban J connectivity index is 1.54. The van der Waals surface area contributed by atoms with Gasteiger partial charge in [0.05, 0.1) is 15.8 Å². The van der Waals surface area contributed by atoms with Crippen molar-refractivity contribution in [3.8, 4) is 0 Å². The van der Waals surface area contributed by atoms with Crippen LogP contribution in [0.3, 0.4) is 0 Å². The largest absolute Gasteiger partial charge is 0.455 e. The molecular weight excluding hydrogens is 320 g/mol. The lowest BCUT2D eigenvalue weighted by atomic mass is 10.1. The minimum atomic E-state index is -0.325. The molecule has 4 rings (SSSR count). The number of H-pyrrole nitrogens is 1. The molecule has 0 aliphatic heterocycles. The zero-order valence-electron chi connectivity index (χ0n) is 13.4. The summed E-state index contributed by atoms with van der Waals surface area (Å²) >= 11 is 1.55. The molecule has 0 radical (unpaired) electrons. The second-order valence-corrected chi connectivity index (χ2v) is 6.90. The van der Waals surface area contributed by atoms with Crippen LogP contribution in [0.2, 0.25) is 0 Å². The lowest BCUT2D eigenvalue weighted by Crippen LogP contribution is -2.04. The normalized spacial score (nSPS) is 11.2. The van der Waals surface area contributed by atoms with Crippen LogP contribution in [-0.4, -0.2) is 15.9 Å². The molecule has 0 bridgehead atoms. The number of rotatable bonds is 3. The molecule has 0 saturated heterocycles. The van der Waals surface area contributed by atoms with E-state index in [-0.39, 0.29) is 12.6 Å². The molecule has 0 fully saturated rings. The first kappa shape index (κ1) is 14.9. The summed E-state index contributed by atoms with van der Waals surface area (Å²) in [6.45, 7) is 4.27. The van der Waals surface area contributed by atoms with Gasteiger partial charge in [-0.05, 0) is 49.7 Å². The molecule has 0 aliphatic carbocycles. The Morgan fingerprint density at radius 2 is 2.04 bits per heavy atom. The fourth-order valence-corrected chi connectivity index (χ4v) is 3.66. The molecule has 4 nitrogen and oxygen atoms in total. The van der Waals surface area contributed by atoms with Crippen LogP contribution in [0.4, 0.5) is 0 Å². The van der Waals surface area contributed by atoms with E-state index >= 15 is 0 Å². The predicted octanol–water partition coefficient (Wildman–Crippen LogP) is 4.75. The van der Waals surface area contributed by atoms with Crippen molar-refractivity contribution in [2.24, 2.45) is 0 Å². The van der Waals surface area contributed by atoms with Crippen molar-refractivity contribution in [2.45, 2.75) is 20.5 Å². The maximum Gasteiger partial charge on any atom is 0.338 e. The highest BCUT2D eigenvalue weighted by Crippen LogP contribution is 2.24. The Bertz CT molecular complexity index is 1030. The SMILES string of the molecule is Cc1[nH]c2ccc(C(=O)OCc3nc4ccccc4s3)cc2c1C. The Kier molecular flexibility index (Phi) is 3.58. The highest BCUT2D eigenvalue weighted by molar-refractivity contribution is 7.18. The third-order valence-corrected chi connectivity index (χ3v) is 5.22. The zero-order chi connectivity index (χ0) is 16.7. The number of hydrogen-bond donors (Lipinski definition) is 1. The number of fused-ring (bicyclic) bond motifs is 2. The molecule has 0 atom stereocenters. The number of para-hydroxylation sites is 1. The van der Waals surface area contributed by atoms with Crippen molar-refractivity contribution in [1.82, 2.24) is 9.97 Å². The summed E-state index contributed by atoms with van der Waals surface area (Å²) in [6.07, 6.45) is 0. The molecule has 0 saturated carbocycles. The van der Waals surface area contributed by atoms with E-state index in [0.717, 1.165) is 37.4 Å². The lowest BCUT2D eigenvalue weighted by molar-refractivity contribution is 0.0473. The molecule has 5 heteroatoms. The average Bonchev–Trinajstić information content (AvgIpc) is 3.13. The molecule has 0 unspecified atom stereocenters. The maximum absolute atomic E-state index is 12.3. The number of esters is 1. The van der Waals surface area contributed by atoms with Gasteiger partial charge in [0, 0.05) is 16.6 Å². The van der Waals surface area contributed by atoms with Gasteiger partial charge >= 0.3 is 5.97 Å². The van der Waals surface area contributed by atoms with Crippen LogP contribution in [-0.2, 0) is 11.3 Å². The van der Waals surface area contributed by atoms with Crippen molar-refractivity contribution in [2.75, 3.05) is 0 Å². The van der Waals surface area contributed by atoms with E-state index in [0.29, 0.717) is 5.56 Å². The number of ether oxygens (including phenoxy) is 1. The quantitative estimate of drug-likeness (QED) is 0.549. The van der Waals surface area contributed by atoms with Gasteiger partial charge in [-0.3, -0.25) is 0 Å². The van der Waals surface area contributed by atoms with Crippen molar-refractivity contribution >= 4 is 38.4 Å². The summed E-state index contributed by atoms with van der Waals surface area (Å²) in [5.41, 5.74) is 4.81. The molecule has 0 amide bonds. The number of carbonyl (C=O) groups excluding carboxylic acids is 1. The topological polar surface area (TPSA) is 55.0 Å². The number of thiazole rings is 1. The van der Waals surface area contributed by atoms with Crippen molar-refractivity contribution in [1.29, 1.82) is 0 Å². The predicted molar refractivity (Wildman–Crippen MR) is 96.5 cm³/mol. The molecule has 1 N–H and O–H groups in total. The van der Waals surface area contributed by atoms with Crippen LogP contribution in [0.25, 0.3) is 21.1 Å². The number of hydrogen-bond acceptors (Lipinski definition) is 4. The molecule has 2 aromatic carbocycles. The molecular formula is C19H16N2O2S. The van der Waals surface area contributed by atoms with Gasteiger partial charge in [0.15, 0.2) is 0 Å². The third kappa shape index (κ3) is 2.57. The Labute approximate surface area is 143 Å². The smallest absolute Gasteiger partial charge is 0.338 e. The highest BCUT2D eigenvalue weighted by atomic mass is 32.1. The van der Waals surface area contributed by atoms with E-state index in [9.17, 15) is 4.79 Å². The number of nitrogens with one attached hydrogen (secondary N) is 1. The third-order valence-electron chi connectivity index (χ3n) is 4.21. The van der Waals surface area contributed by atoms with Crippen molar-refractivity contribution < 1.29 is 9.53 Å². The van der Waals surface area contributed by atoms with E-state index in [1.807, 2.05) is 50.2 Å². The minimum absolute atomic E-state index is 0.196. The molecule has 0 aliphatic rings. The molecule has 0 spiro atoms. The summed E-state index contributed by atoms with van der Waals surface area (Å²) in [5, 5.41) is 1.86. The van der Waals surface area contributed by atoms with E-state index in [1.165, 1.54) is 0 Å². The number of aromatic nitrogens is 2. The Hall–Kier alpha value is -2.66. The van der Waals surface area contributed by atoms with Crippen LogP contribution in [0.5, 0.6) is 0 Å². The number of carbonyl (C=O) groups is 1.